The van der Waals surface area contributed by atoms with Crippen molar-refractivity contribution in [2.24, 2.45) is 0 Å². The number of aliphatic hydroxyl groups is 2. The lowest BCUT2D eigenvalue weighted by atomic mass is 9.98. The second-order valence-corrected chi connectivity index (χ2v) is 6.79. The van der Waals surface area contributed by atoms with Gasteiger partial charge in [0.25, 0.3) is 5.91 Å². The largest absolute Gasteiger partial charge is 0.390 e. The Bertz CT molecular complexity index is 708. The van der Waals surface area contributed by atoms with Crippen LogP contribution < -0.4 is 5.32 Å². The van der Waals surface area contributed by atoms with Gasteiger partial charge in [0.15, 0.2) is 0 Å². The molecule has 0 heterocycles. The topological polar surface area (TPSA) is 69.6 Å². The molecule has 25 heavy (non-hydrogen) atoms. The lowest BCUT2D eigenvalue weighted by Gasteiger charge is -2.16. The highest BCUT2D eigenvalue weighted by Crippen LogP contribution is 2.15. The molecule has 5 heteroatoms. The molecule has 3 N–H and O–H groups in total. The quantitative estimate of drug-likeness (QED) is 0.722. The number of aliphatic hydroxyl groups excluding tert-OH is 1. The summed E-state index contributed by atoms with van der Waals surface area (Å²) in [6.45, 7) is 3.53. The molecule has 4 nitrogen and oxygen atoms in total. The first-order chi connectivity index (χ1) is 11.7. The molecule has 0 aliphatic carbocycles. The molecule has 2 aromatic rings. The van der Waals surface area contributed by atoms with Gasteiger partial charge in [-0.15, -0.1) is 0 Å². The highest BCUT2D eigenvalue weighted by atomic mass is 19.1. The maximum atomic E-state index is 13.2. The average Bonchev–Trinajstić information content (AvgIpc) is 2.57. The molecule has 1 amide bonds. The van der Waals surface area contributed by atoms with Crippen LogP contribution in [0.4, 0.5) is 4.39 Å². The molecule has 0 spiro atoms. The van der Waals surface area contributed by atoms with Crippen molar-refractivity contribution in [2.75, 3.05) is 6.54 Å². The number of halogens is 1. The first-order valence-corrected chi connectivity index (χ1v) is 8.28. The van der Waals surface area contributed by atoms with Gasteiger partial charge in [0.05, 0.1) is 11.7 Å². The van der Waals surface area contributed by atoms with E-state index in [1.54, 1.807) is 32.0 Å². The van der Waals surface area contributed by atoms with E-state index in [-0.39, 0.29) is 12.5 Å². The summed E-state index contributed by atoms with van der Waals surface area (Å²) >= 11 is 0. The Morgan fingerprint density at radius 2 is 1.88 bits per heavy atom. The van der Waals surface area contributed by atoms with Crippen LogP contribution in [0.1, 0.15) is 47.9 Å². The Morgan fingerprint density at radius 3 is 2.48 bits per heavy atom. The normalized spacial score (nSPS) is 12.7. The summed E-state index contributed by atoms with van der Waals surface area (Å²) in [7, 11) is 0. The summed E-state index contributed by atoms with van der Waals surface area (Å²) in [6.07, 6.45) is 0.396. The number of carbonyl (C=O) groups is 1. The molecule has 2 aromatic carbocycles. The summed E-state index contributed by atoms with van der Waals surface area (Å²) in [5, 5.41) is 22.4. The standard InChI is InChI=1S/C20H24FNO3/c1-20(2,25)11-10-14-6-8-15(9-7-14)19(24)22-13-18(23)16-4-3-5-17(21)12-16/h3-9,12,18,23,25H,10-11,13H2,1-2H3,(H,22,24)/t18-/m1/s1. The van der Waals surface area contributed by atoms with E-state index in [2.05, 4.69) is 5.32 Å². The number of rotatable bonds is 7. The van der Waals surface area contributed by atoms with E-state index < -0.39 is 17.5 Å². The van der Waals surface area contributed by atoms with Crippen LogP contribution in [0.2, 0.25) is 0 Å². The van der Waals surface area contributed by atoms with Crippen LogP contribution in [0.3, 0.4) is 0 Å². The SMILES string of the molecule is CC(C)(O)CCc1ccc(C(=O)NC[C@@H](O)c2cccc(F)c2)cc1. The van der Waals surface area contributed by atoms with Crippen LogP contribution >= 0.6 is 0 Å². The number of hydrogen-bond acceptors (Lipinski definition) is 3. The minimum absolute atomic E-state index is 0.00272. The number of hydrogen-bond donors (Lipinski definition) is 3. The molecular weight excluding hydrogens is 321 g/mol. The van der Waals surface area contributed by atoms with Gasteiger partial charge in [-0.3, -0.25) is 4.79 Å². The van der Waals surface area contributed by atoms with Gasteiger partial charge in [-0.2, -0.15) is 0 Å². The maximum absolute atomic E-state index is 13.2. The smallest absolute Gasteiger partial charge is 0.251 e. The van der Waals surface area contributed by atoms with Crippen molar-refractivity contribution >= 4 is 5.91 Å². The van der Waals surface area contributed by atoms with Gasteiger partial charge in [-0.25, -0.2) is 4.39 Å². The summed E-state index contributed by atoms with van der Waals surface area (Å²) in [5.41, 5.74) is 1.22. The second-order valence-electron chi connectivity index (χ2n) is 6.79. The van der Waals surface area contributed by atoms with Crippen LogP contribution in [-0.2, 0) is 6.42 Å². The zero-order chi connectivity index (χ0) is 18.4. The predicted octanol–water partition coefficient (Wildman–Crippen LogP) is 2.99. The summed E-state index contributed by atoms with van der Waals surface area (Å²) in [4.78, 5) is 12.1. The predicted molar refractivity (Wildman–Crippen MR) is 94.8 cm³/mol. The Labute approximate surface area is 147 Å². The van der Waals surface area contributed by atoms with Crippen molar-refractivity contribution in [2.45, 2.75) is 38.4 Å². The van der Waals surface area contributed by atoms with Crippen molar-refractivity contribution in [3.8, 4) is 0 Å². The lowest BCUT2D eigenvalue weighted by Crippen LogP contribution is -2.28. The molecule has 0 aliphatic rings. The van der Waals surface area contributed by atoms with Crippen LogP contribution in [0.15, 0.2) is 48.5 Å². The van der Waals surface area contributed by atoms with E-state index in [1.165, 1.54) is 18.2 Å². The molecule has 0 saturated carbocycles. The highest BCUT2D eigenvalue weighted by molar-refractivity contribution is 5.94. The van der Waals surface area contributed by atoms with Gasteiger partial charge >= 0.3 is 0 Å². The second kappa shape index (κ2) is 8.23. The van der Waals surface area contributed by atoms with E-state index in [1.807, 2.05) is 12.1 Å². The van der Waals surface area contributed by atoms with Gasteiger partial charge in [0, 0.05) is 12.1 Å². The fraction of sp³-hybridized carbons (Fsp3) is 0.350. The molecule has 0 aliphatic heterocycles. The lowest BCUT2D eigenvalue weighted by molar-refractivity contribution is 0.0713. The first-order valence-electron chi connectivity index (χ1n) is 8.28. The molecule has 0 fully saturated rings. The third kappa shape index (κ3) is 6.29. The molecule has 2 rings (SSSR count). The number of aryl methyl sites for hydroxylation is 1. The van der Waals surface area contributed by atoms with E-state index >= 15 is 0 Å². The van der Waals surface area contributed by atoms with Gasteiger partial charge in [-0.05, 0) is 62.1 Å². The van der Waals surface area contributed by atoms with Crippen LogP contribution in [-0.4, -0.2) is 28.3 Å². The average molecular weight is 345 g/mol. The highest BCUT2D eigenvalue weighted by Gasteiger charge is 2.13. The zero-order valence-electron chi connectivity index (χ0n) is 14.5. The van der Waals surface area contributed by atoms with Crippen molar-refractivity contribution in [1.29, 1.82) is 0 Å². The summed E-state index contributed by atoms with van der Waals surface area (Å²) in [6, 6.07) is 12.8. The van der Waals surface area contributed by atoms with Crippen molar-refractivity contribution in [3.63, 3.8) is 0 Å². The van der Waals surface area contributed by atoms with Crippen LogP contribution in [0, 0.1) is 5.82 Å². The van der Waals surface area contributed by atoms with Crippen LogP contribution in [0.5, 0.6) is 0 Å². The molecule has 0 bridgehead atoms. The molecule has 0 unspecified atom stereocenters. The van der Waals surface area contributed by atoms with E-state index in [0.29, 0.717) is 17.5 Å². The number of nitrogens with one attached hydrogen (secondary N) is 1. The Kier molecular flexibility index (Phi) is 6.28. The third-order valence-corrected chi connectivity index (χ3v) is 3.93. The summed E-state index contributed by atoms with van der Waals surface area (Å²) < 4.78 is 13.2. The molecule has 0 aromatic heterocycles. The summed E-state index contributed by atoms with van der Waals surface area (Å²) in [5.74, 6) is -0.728. The van der Waals surface area contributed by atoms with Crippen molar-refractivity contribution in [3.05, 3.63) is 71.0 Å². The first kappa shape index (κ1) is 19.1. The Morgan fingerprint density at radius 1 is 1.20 bits per heavy atom. The van der Waals surface area contributed by atoms with Crippen molar-refractivity contribution in [1.82, 2.24) is 5.32 Å². The van der Waals surface area contributed by atoms with E-state index in [9.17, 15) is 19.4 Å². The van der Waals surface area contributed by atoms with Gasteiger partial charge in [-0.1, -0.05) is 24.3 Å². The molecular formula is C20H24FNO3. The maximum Gasteiger partial charge on any atom is 0.251 e. The van der Waals surface area contributed by atoms with Crippen LogP contribution in [0.25, 0.3) is 0 Å². The molecule has 134 valence electrons. The molecule has 1 atom stereocenters. The molecule has 0 saturated heterocycles. The minimum Gasteiger partial charge on any atom is -0.390 e. The molecule has 0 radical (unpaired) electrons. The monoisotopic (exact) mass is 345 g/mol. The van der Waals surface area contributed by atoms with Gasteiger partial charge in [0.1, 0.15) is 5.82 Å². The fourth-order valence-corrected chi connectivity index (χ4v) is 2.40. The third-order valence-electron chi connectivity index (χ3n) is 3.93. The zero-order valence-corrected chi connectivity index (χ0v) is 14.5. The van der Waals surface area contributed by atoms with Gasteiger partial charge < -0.3 is 15.5 Å². The van der Waals surface area contributed by atoms with Crippen molar-refractivity contribution < 1.29 is 19.4 Å². The minimum atomic E-state index is -0.967. The number of amides is 1. The number of benzene rings is 2. The van der Waals surface area contributed by atoms with Gasteiger partial charge in [0.2, 0.25) is 0 Å². The Balaban J connectivity index is 1.88. The fourth-order valence-electron chi connectivity index (χ4n) is 2.40. The number of carbonyl (C=O) groups excluding carboxylic acids is 1. The van der Waals surface area contributed by atoms with E-state index in [0.717, 1.165) is 12.0 Å². The Hall–Kier alpha value is -2.24. The van der Waals surface area contributed by atoms with E-state index in [4.69, 9.17) is 0 Å².